The normalized spacial score (nSPS) is 14.6. The summed E-state index contributed by atoms with van der Waals surface area (Å²) in [5.74, 6) is 0.578. The highest BCUT2D eigenvalue weighted by Crippen LogP contribution is 2.38. The van der Waals surface area contributed by atoms with Crippen molar-refractivity contribution in [3.63, 3.8) is 0 Å². The summed E-state index contributed by atoms with van der Waals surface area (Å²) in [5, 5.41) is 5.54. The fourth-order valence-corrected chi connectivity index (χ4v) is 5.42. The molecule has 34 heavy (non-hydrogen) atoms. The topological polar surface area (TPSA) is 106 Å². The van der Waals surface area contributed by atoms with Crippen LogP contribution in [0, 0.1) is 0 Å². The molecule has 2 N–H and O–H groups in total. The van der Waals surface area contributed by atoms with E-state index in [0.29, 0.717) is 36.0 Å². The van der Waals surface area contributed by atoms with Crippen molar-refractivity contribution in [2.75, 3.05) is 39.7 Å². The second kappa shape index (κ2) is 11.5. The van der Waals surface area contributed by atoms with Crippen LogP contribution < -0.4 is 24.8 Å². The molecule has 1 heterocycles. The van der Waals surface area contributed by atoms with Crippen molar-refractivity contribution >= 4 is 38.9 Å². The number of nitrogens with zero attached hydrogens (tertiary/aromatic N) is 1. The summed E-state index contributed by atoms with van der Waals surface area (Å²) in [7, 11) is 0.860. The van der Waals surface area contributed by atoms with Gasteiger partial charge in [0.1, 0.15) is 0 Å². The number of rotatable bonds is 7. The number of amides is 1. The molecular weight excluding hydrogens is 478 g/mol. The highest BCUT2D eigenvalue weighted by molar-refractivity contribution is 7.89. The quantitative estimate of drug-likeness (QED) is 0.550. The fraction of sp³-hybridized carbons (Fsp3) is 0.391. The van der Waals surface area contributed by atoms with E-state index in [-0.39, 0.29) is 15.6 Å². The molecule has 3 rings (SSSR count). The third-order valence-electron chi connectivity index (χ3n) is 5.47. The van der Waals surface area contributed by atoms with Crippen LogP contribution in [-0.4, -0.2) is 58.2 Å². The lowest BCUT2D eigenvalue weighted by Crippen LogP contribution is -2.34. The Balaban J connectivity index is 1.67. The molecule has 11 heteroatoms. The van der Waals surface area contributed by atoms with E-state index in [0.717, 1.165) is 25.7 Å². The molecule has 1 amide bonds. The van der Waals surface area contributed by atoms with Crippen LogP contribution in [0.5, 0.6) is 17.2 Å². The summed E-state index contributed by atoms with van der Waals surface area (Å²) < 4.78 is 43.2. The molecule has 0 aliphatic carbocycles. The van der Waals surface area contributed by atoms with Gasteiger partial charge >= 0.3 is 0 Å². The Labute approximate surface area is 205 Å². The third kappa shape index (κ3) is 5.96. The van der Waals surface area contributed by atoms with Gasteiger partial charge in [0, 0.05) is 24.3 Å². The van der Waals surface area contributed by atoms with Gasteiger partial charge in [0.05, 0.1) is 26.2 Å². The van der Waals surface area contributed by atoms with Gasteiger partial charge in [-0.3, -0.25) is 10.1 Å². The predicted molar refractivity (Wildman–Crippen MR) is 133 cm³/mol. The minimum absolute atomic E-state index is 0.0573. The number of sulfonamides is 1. The summed E-state index contributed by atoms with van der Waals surface area (Å²) in [5.41, 5.74) is 0.808. The molecule has 2 aromatic carbocycles. The molecule has 0 bridgehead atoms. The van der Waals surface area contributed by atoms with E-state index < -0.39 is 15.9 Å². The van der Waals surface area contributed by atoms with Gasteiger partial charge in [-0.1, -0.05) is 12.8 Å². The Morgan fingerprint density at radius 2 is 1.47 bits per heavy atom. The Bertz CT molecular complexity index is 1100. The maximum atomic E-state index is 12.9. The second-order valence-electron chi connectivity index (χ2n) is 7.66. The highest BCUT2D eigenvalue weighted by atomic mass is 32.2. The zero-order valence-electron chi connectivity index (χ0n) is 19.4. The van der Waals surface area contributed by atoms with Crippen LogP contribution in [0.1, 0.15) is 36.0 Å². The van der Waals surface area contributed by atoms with Crippen molar-refractivity contribution in [2.24, 2.45) is 0 Å². The van der Waals surface area contributed by atoms with Crippen molar-refractivity contribution in [1.29, 1.82) is 0 Å². The molecular formula is C23H29N3O6S2. The molecule has 0 radical (unpaired) electrons. The first-order valence-corrected chi connectivity index (χ1v) is 12.7. The number of carbonyl (C=O) groups is 1. The molecule has 184 valence electrons. The number of carbonyl (C=O) groups excluding carboxylic acids is 1. The molecule has 1 saturated heterocycles. The maximum Gasteiger partial charge on any atom is 0.257 e. The largest absolute Gasteiger partial charge is 0.493 e. The van der Waals surface area contributed by atoms with Crippen LogP contribution in [0.2, 0.25) is 0 Å². The van der Waals surface area contributed by atoms with Crippen LogP contribution >= 0.6 is 12.2 Å². The molecule has 0 spiro atoms. The van der Waals surface area contributed by atoms with Gasteiger partial charge in [0.15, 0.2) is 16.6 Å². The number of benzene rings is 2. The smallest absolute Gasteiger partial charge is 0.257 e. The Morgan fingerprint density at radius 3 is 1.97 bits per heavy atom. The lowest BCUT2D eigenvalue weighted by Gasteiger charge is -2.20. The third-order valence-corrected chi connectivity index (χ3v) is 7.59. The summed E-state index contributed by atoms with van der Waals surface area (Å²) >= 11 is 5.25. The molecule has 1 fully saturated rings. The Kier molecular flexibility index (Phi) is 8.70. The zero-order chi connectivity index (χ0) is 24.7. The van der Waals surface area contributed by atoms with Crippen LogP contribution in [0.15, 0.2) is 41.3 Å². The van der Waals surface area contributed by atoms with E-state index in [1.54, 1.807) is 16.4 Å². The van der Waals surface area contributed by atoms with Gasteiger partial charge in [0.25, 0.3) is 5.91 Å². The molecule has 0 atom stereocenters. The number of anilines is 1. The van der Waals surface area contributed by atoms with Crippen molar-refractivity contribution in [2.45, 2.75) is 30.6 Å². The number of methoxy groups -OCH3 is 3. The van der Waals surface area contributed by atoms with Crippen molar-refractivity contribution in [3.05, 3.63) is 42.0 Å². The number of hydrogen-bond acceptors (Lipinski definition) is 7. The standard InChI is InChI=1S/C23H29N3O6S2/c1-30-19-14-16(15-20(31-2)21(19)32-3)22(27)25-23(33)24-17-8-10-18(11-9-17)34(28,29)26-12-6-4-5-7-13-26/h8-11,14-15H,4-7,12-13H2,1-3H3,(H2,24,25,27,33). The average Bonchev–Trinajstić information content (AvgIpc) is 3.13. The van der Waals surface area contributed by atoms with Gasteiger partial charge < -0.3 is 19.5 Å². The minimum atomic E-state index is -3.54. The van der Waals surface area contributed by atoms with Crippen molar-refractivity contribution in [3.8, 4) is 17.2 Å². The zero-order valence-corrected chi connectivity index (χ0v) is 21.1. The lowest BCUT2D eigenvalue weighted by molar-refractivity contribution is 0.0977. The van der Waals surface area contributed by atoms with E-state index in [4.69, 9.17) is 26.4 Å². The van der Waals surface area contributed by atoms with Crippen LogP contribution in [0.4, 0.5) is 5.69 Å². The number of nitrogens with one attached hydrogen (secondary N) is 2. The monoisotopic (exact) mass is 507 g/mol. The first kappa shape index (κ1) is 25.7. The van der Waals surface area contributed by atoms with Crippen molar-refractivity contribution in [1.82, 2.24) is 9.62 Å². The van der Waals surface area contributed by atoms with Gasteiger partial charge in [-0.05, 0) is 61.5 Å². The number of hydrogen-bond donors (Lipinski definition) is 2. The Morgan fingerprint density at radius 1 is 0.912 bits per heavy atom. The first-order valence-electron chi connectivity index (χ1n) is 10.8. The van der Waals surface area contributed by atoms with Gasteiger partial charge in [-0.15, -0.1) is 0 Å². The fourth-order valence-electron chi connectivity index (χ4n) is 3.69. The maximum absolute atomic E-state index is 12.9. The minimum Gasteiger partial charge on any atom is -0.493 e. The van der Waals surface area contributed by atoms with Gasteiger partial charge in [0.2, 0.25) is 15.8 Å². The molecule has 0 aromatic heterocycles. The second-order valence-corrected chi connectivity index (χ2v) is 10.0. The molecule has 0 saturated carbocycles. The van der Waals surface area contributed by atoms with Crippen LogP contribution in [0.3, 0.4) is 0 Å². The molecule has 2 aromatic rings. The molecule has 1 aliphatic rings. The van der Waals surface area contributed by atoms with Crippen LogP contribution in [-0.2, 0) is 10.0 Å². The highest BCUT2D eigenvalue weighted by Gasteiger charge is 2.25. The van der Waals surface area contributed by atoms with Gasteiger partial charge in [-0.25, -0.2) is 8.42 Å². The average molecular weight is 508 g/mol. The summed E-state index contributed by atoms with van der Waals surface area (Å²) in [6, 6.07) is 9.33. The van der Waals surface area contributed by atoms with E-state index >= 15 is 0 Å². The van der Waals surface area contributed by atoms with Crippen molar-refractivity contribution < 1.29 is 27.4 Å². The SMILES string of the molecule is COc1cc(C(=O)NC(=S)Nc2ccc(S(=O)(=O)N3CCCCCC3)cc2)cc(OC)c1OC. The van der Waals surface area contributed by atoms with E-state index in [1.807, 2.05) is 0 Å². The lowest BCUT2D eigenvalue weighted by atomic mass is 10.1. The Hall–Kier alpha value is -2.89. The molecule has 1 aliphatic heterocycles. The number of thiocarbonyl (C=S) groups is 1. The summed E-state index contributed by atoms with van der Waals surface area (Å²) in [6.45, 7) is 1.08. The van der Waals surface area contributed by atoms with E-state index in [9.17, 15) is 13.2 Å². The van der Waals surface area contributed by atoms with Crippen LogP contribution in [0.25, 0.3) is 0 Å². The molecule has 0 unspecified atom stereocenters. The van der Waals surface area contributed by atoms with E-state index in [2.05, 4.69) is 10.6 Å². The summed E-state index contributed by atoms with van der Waals surface area (Å²) in [6.07, 6.45) is 3.85. The number of ether oxygens (including phenoxy) is 3. The first-order chi connectivity index (χ1) is 16.3. The van der Waals surface area contributed by atoms with Gasteiger partial charge in [-0.2, -0.15) is 4.31 Å². The predicted octanol–water partition coefficient (Wildman–Crippen LogP) is 3.40. The van der Waals surface area contributed by atoms with E-state index in [1.165, 1.54) is 45.6 Å². The summed E-state index contributed by atoms with van der Waals surface area (Å²) in [4.78, 5) is 12.9. The molecule has 9 nitrogen and oxygen atoms in total.